The normalized spacial score (nSPS) is 18.0. The van der Waals surface area contributed by atoms with Crippen molar-refractivity contribution in [1.82, 2.24) is 10.6 Å². The summed E-state index contributed by atoms with van der Waals surface area (Å²) in [7, 11) is 0. The van der Waals surface area contributed by atoms with E-state index in [9.17, 15) is 4.79 Å². The fourth-order valence-corrected chi connectivity index (χ4v) is 2.77. The van der Waals surface area contributed by atoms with Gasteiger partial charge in [-0.05, 0) is 25.2 Å². The molecule has 1 unspecified atom stereocenters. The maximum Gasteiger partial charge on any atom is 0.315 e. The Morgan fingerprint density at radius 3 is 2.58 bits per heavy atom. The first-order valence-electron chi connectivity index (χ1n) is 8.26. The third-order valence-electron chi connectivity index (χ3n) is 4.10. The van der Waals surface area contributed by atoms with Crippen LogP contribution < -0.4 is 10.6 Å². The van der Waals surface area contributed by atoms with E-state index < -0.39 is 0 Å². The molecule has 1 atom stereocenters. The number of amides is 2. The van der Waals surface area contributed by atoms with E-state index in [1.165, 1.54) is 51.4 Å². The minimum absolute atomic E-state index is 0.0345. The highest BCUT2D eigenvalue weighted by molar-refractivity contribution is 5.74. The van der Waals surface area contributed by atoms with Gasteiger partial charge in [0.2, 0.25) is 0 Å². The Kier molecular flexibility index (Phi) is 8.68. The molecule has 0 saturated heterocycles. The monoisotopic (exact) mass is 268 g/mol. The topological polar surface area (TPSA) is 41.1 Å². The SMILES string of the molecule is CCCCCCC(C)CNC(=O)NC1CCCCC1. The van der Waals surface area contributed by atoms with Gasteiger partial charge in [-0.25, -0.2) is 4.79 Å². The number of carbonyl (C=O) groups excluding carboxylic acids is 1. The third-order valence-corrected chi connectivity index (χ3v) is 4.10. The predicted octanol–water partition coefficient (Wildman–Crippen LogP) is 4.22. The van der Waals surface area contributed by atoms with Crippen molar-refractivity contribution in [3.63, 3.8) is 0 Å². The van der Waals surface area contributed by atoms with Gasteiger partial charge in [-0.2, -0.15) is 0 Å². The average molecular weight is 268 g/mol. The molecule has 2 amide bonds. The summed E-state index contributed by atoms with van der Waals surface area (Å²) in [4.78, 5) is 11.8. The molecule has 2 N–H and O–H groups in total. The van der Waals surface area contributed by atoms with Gasteiger partial charge in [-0.15, -0.1) is 0 Å². The molecule has 0 aromatic rings. The molecule has 1 aliphatic carbocycles. The molecule has 0 spiro atoms. The van der Waals surface area contributed by atoms with Crippen molar-refractivity contribution in [1.29, 1.82) is 0 Å². The standard InChI is InChI=1S/C16H32N2O/c1-3-4-5-7-10-14(2)13-17-16(19)18-15-11-8-6-9-12-15/h14-15H,3-13H2,1-2H3,(H2,17,18,19). The van der Waals surface area contributed by atoms with Gasteiger partial charge in [0, 0.05) is 12.6 Å². The second kappa shape index (κ2) is 10.1. The van der Waals surface area contributed by atoms with E-state index in [1.807, 2.05) is 0 Å². The largest absolute Gasteiger partial charge is 0.338 e. The van der Waals surface area contributed by atoms with Gasteiger partial charge in [0.25, 0.3) is 0 Å². The second-order valence-corrected chi connectivity index (χ2v) is 6.14. The summed E-state index contributed by atoms with van der Waals surface area (Å²) in [5.74, 6) is 0.592. The number of unbranched alkanes of at least 4 members (excludes halogenated alkanes) is 3. The van der Waals surface area contributed by atoms with Crippen LogP contribution in [0.15, 0.2) is 0 Å². The Morgan fingerprint density at radius 2 is 1.89 bits per heavy atom. The minimum Gasteiger partial charge on any atom is -0.338 e. The molecule has 112 valence electrons. The lowest BCUT2D eigenvalue weighted by molar-refractivity contribution is 0.230. The summed E-state index contributed by atoms with van der Waals surface area (Å²) in [6, 6.07) is 0.445. The number of carbonyl (C=O) groups is 1. The molecule has 1 rings (SSSR count). The van der Waals surface area contributed by atoms with E-state index in [0.29, 0.717) is 12.0 Å². The molecule has 0 bridgehead atoms. The van der Waals surface area contributed by atoms with Gasteiger partial charge in [0.05, 0.1) is 0 Å². The van der Waals surface area contributed by atoms with Gasteiger partial charge in [0.1, 0.15) is 0 Å². The number of urea groups is 1. The summed E-state index contributed by atoms with van der Waals surface area (Å²) in [6.07, 6.45) is 12.6. The van der Waals surface area contributed by atoms with Crippen molar-refractivity contribution in [2.75, 3.05) is 6.54 Å². The summed E-state index contributed by atoms with van der Waals surface area (Å²) in [6.45, 7) is 5.28. The average Bonchev–Trinajstić information content (AvgIpc) is 2.42. The number of hydrogen-bond acceptors (Lipinski definition) is 1. The first kappa shape index (κ1) is 16.3. The Bertz CT molecular complexity index is 237. The first-order valence-corrected chi connectivity index (χ1v) is 8.26. The van der Waals surface area contributed by atoms with Crippen LogP contribution in [0, 0.1) is 5.92 Å². The number of rotatable bonds is 8. The molecule has 0 aromatic heterocycles. The van der Waals surface area contributed by atoms with E-state index in [0.717, 1.165) is 19.4 Å². The molecule has 0 aromatic carbocycles. The molecular weight excluding hydrogens is 236 g/mol. The molecule has 3 nitrogen and oxygen atoms in total. The van der Waals surface area contributed by atoms with Crippen LogP contribution in [0.1, 0.15) is 78.1 Å². The van der Waals surface area contributed by atoms with Gasteiger partial charge in [0.15, 0.2) is 0 Å². The van der Waals surface area contributed by atoms with Crippen LogP contribution in [0.4, 0.5) is 4.79 Å². The van der Waals surface area contributed by atoms with Crippen molar-refractivity contribution in [3.8, 4) is 0 Å². The van der Waals surface area contributed by atoms with Crippen molar-refractivity contribution in [3.05, 3.63) is 0 Å². The number of nitrogens with one attached hydrogen (secondary N) is 2. The zero-order chi connectivity index (χ0) is 13.9. The molecule has 1 fully saturated rings. The molecule has 0 aliphatic heterocycles. The Labute approximate surface area is 118 Å². The molecule has 1 aliphatic rings. The molecule has 19 heavy (non-hydrogen) atoms. The zero-order valence-electron chi connectivity index (χ0n) is 12.8. The summed E-state index contributed by atoms with van der Waals surface area (Å²) >= 11 is 0. The van der Waals surface area contributed by atoms with Gasteiger partial charge < -0.3 is 10.6 Å². The van der Waals surface area contributed by atoms with E-state index in [1.54, 1.807) is 0 Å². The van der Waals surface area contributed by atoms with Gasteiger partial charge in [-0.3, -0.25) is 0 Å². The van der Waals surface area contributed by atoms with E-state index in [-0.39, 0.29) is 6.03 Å². The summed E-state index contributed by atoms with van der Waals surface area (Å²) < 4.78 is 0. The summed E-state index contributed by atoms with van der Waals surface area (Å²) in [5.41, 5.74) is 0. The first-order chi connectivity index (χ1) is 9.22. The van der Waals surface area contributed by atoms with Crippen LogP contribution in [0.5, 0.6) is 0 Å². The van der Waals surface area contributed by atoms with Crippen molar-refractivity contribution >= 4 is 6.03 Å². The van der Waals surface area contributed by atoms with E-state index in [4.69, 9.17) is 0 Å². The second-order valence-electron chi connectivity index (χ2n) is 6.14. The maximum atomic E-state index is 11.8. The van der Waals surface area contributed by atoms with Crippen molar-refractivity contribution in [2.24, 2.45) is 5.92 Å². The highest BCUT2D eigenvalue weighted by Crippen LogP contribution is 2.17. The molecular formula is C16H32N2O. The van der Waals surface area contributed by atoms with Crippen LogP contribution >= 0.6 is 0 Å². The summed E-state index contributed by atoms with van der Waals surface area (Å²) in [5, 5.41) is 6.12. The van der Waals surface area contributed by atoms with Crippen LogP contribution in [0.25, 0.3) is 0 Å². The lowest BCUT2D eigenvalue weighted by Crippen LogP contribution is -2.44. The highest BCUT2D eigenvalue weighted by atomic mass is 16.2. The molecule has 3 heteroatoms. The fraction of sp³-hybridized carbons (Fsp3) is 0.938. The lowest BCUT2D eigenvalue weighted by atomic mass is 9.96. The van der Waals surface area contributed by atoms with Crippen LogP contribution in [0.3, 0.4) is 0 Å². The van der Waals surface area contributed by atoms with Crippen LogP contribution in [-0.2, 0) is 0 Å². The molecule has 0 heterocycles. The Hall–Kier alpha value is -0.730. The van der Waals surface area contributed by atoms with E-state index >= 15 is 0 Å². The minimum atomic E-state index is 0.0345. The molecule has 0 radical (unpaired) electrons. The van der Waals surface area contributed by atoms with Crippen molar-refractivity contribution in [2.45, 2.75) is 84.1 Å². The number of hydrogen-bond donors (Lipinski definition) is 2. The maximum absolute atomic E-state index is 11.8. The van der Waals surface area contributed by atoms with Gasteiger partial charge in [-0.1, -0.05) is 58.8 Å². The fourth-order valence-electron chi connectivity index (χ4n) is 2.77. The lowest BCUT2D eigenvalue weighted by Gasteiger charge is -2.23. The van der Waals surface area contributed by atoms with Gasteiger partial charge >= 0.3 is 6.03 Å². The predicted molar refractivity (Wildman–Crippen MR) is 81.3 cm³/mol. The van der Waals surface area contributed by atoms with Crippen LogP contribution in [-0.4, -0.2) is 18.6 Å². The Morgan fingerprint density at radius 1 is 1.16 bits per heavy atom. The quantitative estimate of drug-likeness (QED) is 0.636. The third kappa shape index (κ3) is 8.12. The Balaban J connectivity index is 2.01. The smallest absolute Gasteiger partial charge is 0.315 e. The van der Waals surface area contributed by atoms with Crippen molar-refractivity contribution < 1.29 is 4.79 Å². The van der Waals surface area contributed by atoms with Crippen LogP contribution in [0.2, 0.25) is 0 Å². The molecule has 1 saturated carbocycles. The van der Waals surface area contributed by atoms with E-state index in [2.05, 4.69) is 24.5 Å². The highest BCUT2D eigenvalue weighted by Gasteiger charge is 2.15. The zero-order valence-corrected chi connectivity index (χ0v) is 12.8.